The number of halogens is 3. The maximum Gasteiger partial charge on any atom is 0.573 e. The van der Waals surface area contributed by atoms with E-state index in [0.717, 1.165) is 34.6 Å². The van der Waals surface area contributed by atoms with Crippen LogP contribution in [-0.4, -0.2) is 37.5 Å². The first kappa shape index (κ1) is 34.5. The van der Waals surface area contributed by atoms with Gasteiger partial charge in [-0.3, -0.25) is 23.8 Å². The number of H-pyrrole nitrogens is 1. The van der Waals surface area contributed by atoms with Crippen molar-refractivity contribution in [2.45, 2.75) is 53.0 Å². The van der Waals surface area contributed by atoms with Crippen molar-refractivity contribution in [3.8, 4) is 34.0 Å². The van der Waals surface area contributed by atoms with Gasteiger partial charge in [-0.2, -0.15) is 5.10 Å². The molecule has 0 spiro atoms. The van der Waals surface area contributed by atoms with E-state index in [1.165, 1.54) is 35.0 Å². The highest BCUT2D eigenvalue weighted by Gasteiger charge is 2.31. The lowest BCUT2D eigenvalue weighted by Gasteiger charge is -2.18. The van der Waals surface area contributed by atoms with E-state index < -0.39 is 17.7 Å². The average molecular weight is 673 g/mol. The van der Waals surface area contributed by atoms with Crippen LogP contribution in [0.5, 0.6) is 11.5 Å². The first-order valence-corrected chi connectivity index (χ1v) is 15.4. The second-order valence-electron chi connectivity index (χ2n) is 11.6. The third-order valence-electron chi connectivity index (χ3n) is 7.84. The molecule has 0 radical (unpaired) electrons. The molecule has 5 rings (SSSR count). The molecular weight excluding hydrogens is 637 g/mol. The number of nitrogens with zero attached hydrogens (tertiary/aromatic N) is 3. The van der Waals surface area contributed by atoms with Crippen LogP contribution in [0.3, 0.4) is 0 Å². The van der Waals surface area contributed by atoms with E-state index in [1.54, 1.807) is 54.1 Å². The Bertz CT molecular complexity index is 2110. The van der Waals surface area contributed by atoms with E-state index in [-0.39, 0.29) is 17.4 Å². The number of rotatable bonds is 11. The Morgan fingerprint density at radius 1 is 0.898 bits per heavy atom. The number of hydrogen-bond donors (Lipinski definition) is 3. The van der Waals surface area contributed by atoms with Crippen LogP contribution >= 0.6 is 0 Å². The number of hydrogen-bond acceptors (Lipinski definition) is 7. The summed E-state index contributed by atoms with van der Waals surface area (Å²) in [5.41, 5.74) is 12.0. The maximum atomic E-state index is 12.7. The van der Waals surface area contributed by atoms with Crippen molar-refractivity contribution in [2.75, 3.05) is 0 Å². The van der Waals surface area contributed by atoms with Crippen molar-refractivity contribution in [1.82, 2.24) is 19.3 Å². The number of nitrogens with one attached hydrogen (secondary N) is 2. The molecule has 0 aliphatic carbocycles. The Morgan fingerprint density at radius 2 is 1.47 bits per heavy atom. The van der Waals surface area contributed by atoms with E-state index in [9.17, 15) is 22.8 Å². The van der Waals surface area contributed by atoms with Gasteiger partial charge in [0.05, 0.1) is 11.8 Å². The molecule has 49 heavy (non-hydrogen) atoms. The molecular formula is C36H35F3N6O4. The van der Waals surface area contributed by atoms with Gasteiger partial charge in [0.25, 0.3) is 11.1 Å². The maximum absolute atomic E-state index is 12.7. The van der Waals surface area contributed by atoms with Crippen LogP contribution in [0.4, 0.5) is 13.2 Å². The highest BCUT2D eigenvalue weighted by Crippen LogP contribution is 2.27. The Balaban J connectivity index is 1.28. The fourth-order valence-corrected chi connectivity index (χ4v) is 5.56. The second-order valence-corrected chi connectivity index (χ2v) is 11.6. The van der Waals surface area contributed by atoms with Crippen LogP contribution in [0.25, 0.3) is 28.1 Å². The molecule has 2 aromatic carbocycles. The molecule has 0 aliphatic heterocycles. The van der Waals surface area contributed by atoms with Crippen LogP contribution in [0, 0.1) is 19.3 Å². The first-order chi connectivity index (χ1) is 23.2. The summed E-state index contributed by atoms with van der Waals surface area (Å²) in [6.45, 7) is 7.32. The highest BCUT2D eigenvalue weighted by molar-refractivity contribution is 6.21. The zero-order valence-corrected chi connectivity index (χ0v) is 27.3. The van der Waals surface area contributed by atoms with E-state index in [4.69, 9.17) is 15.9 Å². The van der Waals surface area contributed by atoms with Crippen LogP contribution in [0.1, 0.15) is 43.6 Å². The summed E-state index contributed by atoms with van der Waals surface area (Å²) in [4.78, 5) is 25.4. The van der Waals surface area contributed by atoms with Gasteiger partial charge in [0.15, 0.2) is 0 Å². The summed E-state index contributed by atoms with van der Waals surface area (Å²) < 4.78 is 50.6. The molecule has 1 atom stereocenters. The number of nitrogens with two attached hydrogens (primary N) is 1. The molecule has 254 valence electrons. The van der Waals surface area contributed by atoms with E-state index in [1.807, 2.05) is 20.8 Å². The Morgan fingerprint density at radius 3 is 2.02 bits per heavy atom. The summed E-state index contributed by atoms with van der Waals surface area (Å²) in [6, 6.07) is 18.3. The van der Waals surface area contributed by atoms with Gasteiger partial charge in [-0.15, -0.1) is 13.2 Å². The lowest BCUT2D eigenvalue weighted by molar-refractivity contribution is -0.274. The molecule has 0 aliphatic rings. The largest absolute Gasteiger partial charge is 0.573 e. The van der Waals surface area contributed by atoms with E-state index in [0.29, 0.717) is 46.8 Å². The minimum atomic E-state index is -4.83. The zero-order valence-electron chi connectivity index (χ0n) is 27.3. The number of ether oxygens (including phenoxy) is 2. The summed E-state index contributed by atoms with van der Waals surface area (Å²) in [6.07, 6.45) is -0.917. The van der Waals surface area contributed by atoms with Gasteiger partial charge < -0.3 is 20.6 Å². The normalized spacial score (nSPS) is 12.7. The molecule has 4 N–H and O–H groups in total. The van der Waals surface area contributed by atoms with Gasteiger partial charge in [-0.1, -0.05) is 0 Å². The van der Waals surface area contributed by atoms with Crippen molar-refractivity contribution in [3.63, 3.8) is 0 Å². The zero-order chi connectivity index (χ0) is 35.5. The predicted octanol–water partition coefficient (Wildman–Crippen LogP) is 6.85. The van der Waals surface area contributed by atoms with Crippen LogP contribution in [-0.2, 0) is 0 Å². The van der Waals surface area contributed by atoms with Crippen LogP contribution in [0.2, 0.25) is 0 Å². The molecule has 0 bridgehead atoms. The number of alkyl halides is 3. The second kappa shape index (κ2) is 14.1. The van der Waals surface area contributed by atoms with E-state index in [2.05, 4.69) is 14.9 Å². The number of allylic oxidation sites excluding steroid dienone is 2. The lowest BCUT2D eigenvalue weighted by atomic mass is 9.98. The average Bonchev–Trinajstić information content (AvgIpc) is 3.38. The minimum Gasteiger partial charge on any atom is -0.491 e. The summed E-state index contributed by atoms with van der Waals surface area (Å²) in [5, 5.41) is 15.6. The molecule has 10 nitrogen and oxygen atoms in total. The molecule has 3 heterocycles. The number of benzene rings is 2. The van der Waals surface area contributed by atoms with Gasteiger partial charge >= 0.3 is 6.36 Å². The molecule has 1 unspecified atom stereocenters. The highest BCUT2D eigenvalue weighted by atomic mass is 19.4. The number of aromatic nitrogens is 4. The summed E-state index contributed by atoms with van der Waals surface area (Å²) in [7, 11) is 0. The SMILES string of the molecule is CC(=N)/C(=C(\N)CCC(C)Oc1ccc(-n2cc(-c3c(C)n[nH]c3C)ccc2=O)cc1)c1ccc(=O)n(-c2ccc(OC(F)(F)F)cc2)c1. The standard InChI is InChI=1S/C36H35F3N6O4/c1-21(48-29-12-8-27(9-13-29)45-20-26(7-18-33(45)47)35-23(3)42-43-24(35)4)5-16-31(41)34(22(2)40)25-6-17-32(46)44(19-25)28-10-14-30(15-11-28)49-36(37,38)39/h6-15,17-21,40H,5,16,41H2,1-4H3,(H,42,43)/b34-31+,40-22?. The number of pyridine rings is 2. The summed E-state index contributed by atoms with van der Waals surface area (Å²) >= 11 is 0. The third-order valence-corrected chi connectivity index (χ3v) is 7.84. The molecule has 0 fully saturated rings. The van der Waals surface area contributed by atoms with Gasteiger partial charge in [0.2, 0.25) is 0 Å². The predicted molar refractivity (Wildman–Crippen MR) is 182 cm³/mol. The topological polar surface area (TPSA) is 141 Å². The van der Waals surface area contributed by atoms with Gasteiger partial charge in [0.1, 0.15) is 11.5 Å². The van der Waals surface area contributed by atoms with Crippen molar-refractivity contribution >= 4 is 11.3 Å². The molecule has 0 saturated heterocycles. The van der Waals surface area contributed by atoms with Gasteiger partial charge in [-0.05, 0) is 101 Å². The van der Waals surface area contributed by atoms with Crippen molar-refractivity contribution < 1.29 is 22.6 Å². The third kappa shape index (κ3) is 8.18. The van der Waals surface area contributed by atoms with Crippen molar-refractivity contribution in [2.24, 2.45) is 5.73 Å². The van der Waals surface area contributed by atoms with Gasteiger partial charge in [0, 0.05) is 75.3 Å². The molecule has 0 saturated carbocycles. The lowest BCUT2D eigenvalue weighted by Crippen LogP contribution is -2.19. The monoisotopic (exact) mass is 672 g/mol. The summed E-state index contributed by atoms with van der Waals surface area (Å²) in [5.74, 6) is 0.191. The van der Waals surface area contributed by atoms with Crippen molar-refractivity contribution in [1.29, 1.82) is 5.41 Å². The minimum absolute atomic E-state index is 0.173. The van der Waals surface area contributed by atoms with Crippen LogP contribution in [0.15, 0.2) is 100 Å². The molecule has 0 amide bonds. The quantitative estimate of drug-likeness (QED) is 0.131. The molecule has 13 heteroatoms. The molecule has 5 aromatic rings. The smallest absolute Gasteiger partial charge is 0.491 e. The Kier molecular flexibility index (Phi) is 9.92. The Labute approximate surface area is 279 Å². The Hall–Kier alpha value is -5.85. The fraction of sp³-hybridized carbons (Fsp3) is 0.222. The van der Waals surface area contributed by atoms with Gasteiger partial charge in [-0.25, -0.2) is 0 Å². The fourth-order valence-electron chi connectivity index (χ4n) is 5.56. The molecule has 3 aromatic heterocycles. The first-order valence-electron chi connectivity index (χ1n) is 15.4. The van der Waals surface area contributed by atoms with E-state index >= 15 is 0 Å². The number of aryl methyl sites for hydroxylation is 2. The van der Waals surface area contributed by atoms with Crippen molar-refractivity contribution in [3.05, 3.63) is 129 Å². The van der Waals surface area contributed by atoms with Crippen LogP contribution < -0.4 is 26.3 Å². The number of aromatic amines is 1.